The van der Waals surface area contributed by atoms with Gasteiger partial charge in [-0.25, -0.2) is 0 Å². The number of likely N-dealkylation sites (tertiary alicyclic amines) is 1. The number of aryl methyl sites for hydroxylation is 1. The molecule has 24 heavy (non-hydrogen) atoms. The molecule has 1 N–H and O–H groups in total. The first-order valence-electron chi connectivity index (χ1n) is 7.78. The van der Waals surface area contributed by atoms with Crippen molar-refractivity contribution >= 4 is 23.5 Å². The fraction of sp³-hybridized carbons (Fsp3) is 0.263. The molecule has 1 amide bonds. The number of aliphatic carboxylic acids is 1. The number of carboxylic acids is 1. The Morgan fingerprint density at radius 2 is 1.88 bits per heavy atom. The number of carbonyl (C=O) groups is 2. The third-order valence-corrected chi connectivity index (χ3v) is 5.12. The van der Waals surface area contributed by atoms with Crippen molar-refractivity contribution in [2.45, 2.75) is 18.8 Å². The summed E-state index contributed by atoms with van der Waals surface area (Å²) in [5.74, 6) is -1.08. The molecule has 1 fully saturated rings. The molecule has 0 radical (unpaired) electrons. The molecule has 1 aliphatic rings. The van der Waals surface area contributed by atoms with E-state index in [-0.39, 0.29) is 12.5 Å². The Labute approximate surface area is 145 Å². The van der Waals surface area contributed by atoms with Crippen molar-refractivity contribution in [2.24, 2.45) is 0 Å². The number of benzene rings is 2. The van der Waals surface area contributed by atoms with Gasteiger partial charge >= 0.3 is 5.97 Å². The third kappa shape index (κ3) is 2.78. The van der Waals surface area contributed by atoms with Gasteiger partial charge in [-0.2, -0.15) is 0 Å². The second-order valence-corrected chi connectivity index (χ2v) is 6.60. The van der Waals surface area contributed by atoms with Crippen molar-refractivity contribution in [3.05, 3.63) is 70.2 Å². The summed E-state index contributed by atoms with van der Waals surface area (Å²) in [6, 6.07) is 14.3. The van der Waals surface area contributed by atoms with Crippen LogP contribution in [-0.2, 0) is 10.2 Å². The summed E-state index contributed by atoms with van der Waals surface area (Å²) in [4.78, 5) is 26.3. The Kier molecular flexibility index (Phi) is 4.33. The lowest BCUT2D eigenvalue weighted by molar-refractivity contribution is -0.143. The van der Waals surface area contributed by atoms with E-state index in [9.17, 15) is 14.7 Å². The number of hydrogen-bond acceptors (Lipinski definition) is 2. The molecule has 0 aliphatic carbocycles. The predicted octanol–water partition coefficient (Wildman–Crippen LogP) is 3.52. The molecule has 4 nitrogen and oxygen atoms in total. The van der Waals surface area contributed by atoms with Crippen LogP contribution in [-0.4, -0.2) is 35.0 Å². The van der Waals surface area contributed by atoms with E-state index >= 15 is 0 Å². The van der Waals surface area contributed by atoms with Gasteiger partial charge in [-0.1, -0.05) is 48.0 Å². The van der Waals surface area contributed by atoms with E-state index in [4.69, 9.17) is 11.6 Å². The molecule has 1 heterocycles. The summed E-state index contributed by atoms with van der Waals surface area (Å²) >= 11 is 6.10. The monoisotopic (exact) mass is 343 g/mol. The lowest BCUT2D eigenvalue weighted by Crippen LogP contribution is -2.40. The Bertz CT molecular complexity index is 790. The molecule has 1 aliphatic heterocycles. The van der Waals surface area contributed by atoms with Gasteiger partial charge in [-0.15, -0.1) is 0 Å². The van der Waals surface area contributed by atoms with E-state index < -0.39 is 11.4 Å². The van der Waals surface area contributed by atoms with Gasteiger partial charge in [0.25, 0.3) is 5.91 Å². The van der Waals surface area contributed by atoms with Crippen molar-refractivity contribution in [2.75, 3.05) is 13.1 Å². The van der Waals surface area contributed by atoms with Crippen LogP contribution in [0.3, 0.4) is 0 Å². The number of nitrogens with zero attached hydrogens (tertiary/aromatic N) is 1. The van der Waals surface area contributed by atoms with Crippen molar-refractivity contribution in [1.82, 2.24) is 4.90 Å². The molecule has 1 atom stereocenters. The van der Waals surface area contributed by atoms with Crippen LogP contribution >= 0.6 is 11.6 Å². The van der Waals surface area contributed by atoms with E-state index in [0.717, 1.165) is 11.1 Å². The second-order valence-electron chi connectivity index (χ2n) is 6.19. The molecule has 5 heteroatoms. The lowest BCUT2D eigenvalue weighted by atomic mass is 9.80. The molecule has 0 saturated carbocycles. The largest absolute Gasteiger partial charge is 0.481 e. The van der Waals surface area contributed by atoms with Crippen molar-refractivity contribution < 1.29 is 14.7 Å². The van der Waals surface area contributed by atoms with Gasteiger partial charge in [0.15, 0.2) is 0 Å². The van der Waals surface area contributed by atoms with Crippen LogP contribution in [0.4, 0.5) is 0 Å². The Balaban J connectivity index is 1.89. The van der Waals surface area contributed by atoms with Gasteiger partial charge < -0.3 is 10.0 Å². The summed E-state index contributed by atoms with van der Waals surface area (Å²) in [6.07, 6.45) is 0.400. The maximum absolute atomic E-state index is 12.7. The molecular weight excluding hydrogens is 326 g/mol. The Morgan fingerprint density at radius 3 is 2.50 bits per heavy atom. The number of hydrogen-bond donors (Lipinski definition) is 1. The number of carbonyl (C=O) groups excluding carboxylic acids is 1. The summed E-state index contributed by atoms with van der Waals surface area (Å²) in [5.41, 5.74) is 1.07. The molecule has 0 spiro atoms. The molecule has 1 unspecified atom stereocenters. The third-order valence-electron chi connectivity index (χ3n) is 4.71. The first-order valence-corrected chi connectivity index (χ1v) is 8.16. The predicted molar refractivity (Wildman–Crippen MR) is 92.5 cm³/mol. The minimum atomic E-state index is -1.05. The van der Waals surface area contributed by atoms with Crippen LogP contribution in [0.5, 0.6) is 0 Å². The van der Waals surface area contributed by atoms with Gasteiger partial charge in [0, 0.05) is 23.7 Å². The SMILES string of the molecule is Cc1ccc(C(=O)N2CCC(C(=O)O)(c3ccccc3)C2)cc1Cl. The van der Waals surface area contributed by atoms with Crippen LogP contribution in [0.25, 0.3) is 0 Å². The van der Waals surface area contributed by atoms with Gasteiger partial charge in [0.1, 0.15) is 5.41 Å². The van der Waals surface area contributed by atoms with E-state index in [0.29, 0.717) is 23.6 Å². The highest BCUT2D eigenvalue weighted by atomic mass is 35.5. The topological polar surface area (TPSA) is 57.6 Å². The van der Waals surface area contributed by atoms with E-state index in [2.05, 4.69) is 0 Å². The van der Waals surface area contributed by atoms with Gasteiger partial charge in [-0.05, 0) is 36.6 Å². The fourth-order valence-corrected chi connectivity index (χ4v) is 3.36. The highest BCUT2D eigenvalue weighted by molar-refractivity contribution is 6.31. The highest BCUT2D eigenvalue weighted by Crippen LogP contribution is 2.35. The molecule has 3 rings (SSSR count). The lowest BCUT2D eigenvalue weighted by Gasteiger charge is -2.25. The average Bonchev–Trinajstić information content (AvgIpc) is 3.04. The normalized spacial score (nSPS) is 20.2. The number of halogens is 1. The number of amides is 1. The quantitative estimate of drug-likeness (QED) is 0.927. The van der Waals surface area contributed by atoms with E-state index in [1.807, 2.05) is 37.3 Å². The highest BCUT2D eigenvalue weighted by Gasteiger charge is 2.47. The van der Waals surface area contributed by atoms with Crippen LogP contribution < -0.4 is 0 Å². The van der Waals surface area contributed by atoms with Crippen molar-refractivity contribution in [3.63, 3.8) is 0 Å². The zero-order chi connectivity index (χ0) is 17.3. The average molecular weight is 344 g/mol. The molecule has 0 aromatic heterocycles. The summed E-state index contributed by atoms with van der Waals surface area (Å²) in [5, 5.41) is 10.3. The van der Waals surface area contributed by atoms with Crippen LogP contribution in [0.15, 0.2) is 48.5 Å². The number of rotatable bonds is 3. The Hall–Kier alpha value is -2.33. The van der Waals surface area contributed by atoms with Crippen LogP contribution in [0.1, 0.15) is 27.9 Å². The fourth-order valence-electron chi connectivity index (χ4n) is 3.18. The molecule has 0 bridgehead atoms. The first kappa shape index (κ1) is 16.5. The van der Waals surface area contributed by atoms with Gasteiger partial charge in [0.2, 0.25) is 0 Å². The van der Waals surface area contributed by atoms with Crippen molar-refractivity contribution in [3.8, 4) is 0 Å². The molecule has 2 aromatic carbocycles. The van der Waals surface area contributed by atoms with E-state index in [1.54, 1.807) is 23.1 Å². The Morgan fingerprint density at radius 1 is 1.17 bits per heavy atom. The molecule has 2 aromatic rings. The maximum atomic E-state index is 12.7. The van der Waals surface area contributed by atoms with Gasteiger partial charge in [-0.3, -0.25) is 9.59 Å². The summed E-state index contributed by atoms with van der Waals surface area (Å²) in [7, 11) is 0. The smallest absolute Gasteiger partial charge is 0.316 e. The first-order chi connectivity index (χ1) is 11.4. The van der Waals surface area contributed by atoms with Gasteiger partial charge in [0.05, 0.1) is 0 Å². The minimum Gasteiger partial charge on any atom is -0.481 e. The molecule has 1 saturated heterocycles. The maximum Gasteiger partial charge on any atom is 0.316 e. The zero-order valence-electron chi connectivity index (χ0n) is 13.3. The summed E-state index contributed by atoms with van der Waals surface area (Å²) < 4.78 is 0. The van der Waals surface area contributed by atoms with Crippen LogP contribution in [0, 0.1) is 6.92 Å². The summed E-state index contributed by atoms with van der Waals surface area (Å²) in [6.45, 7) is 2.44. The van der Waals surface area contributed by atoms with E-state index in [1.165, 1.54) is 0 Å². The molecule has 124 valence electrons. The zero-order valence-corrected chi connectivity index (χ0v) is 14.1. The minimum absolute atomic E-state index is 0.163. The standard InChI is InChI=1S/C19H18ClNO3/c1-13-7-8-14(11-16(13)20)17(22)21-10-9-19(12-21,18(23)24)15-5-3-2-4-6-15/h2-8,11H,9-10,12H2,1H3,(H,23,24). The molecular formula is C19H18ClNO3. The number of carboxylic acid groups (broad SMARTS) is 1. The van der Waals surface area contributed by atoms with Crippen molar-refractivity contribution in [1.29, 1.82) is 0 Å². The van der Waals surface area contributed by atoms with Crippen LogP contribution in [0.2, 0.25) is 5.02 Å². The second kappa shape index (κ2) is 6.29.